The van der Waals surface area contributed by atoms with Crippen molar-refractivity contribution in [3.63, 3.8) is 0 Å². The first kappa shape index (κ1) is 22.9. The third-order valence-corrected chi connectivity index (χ3v) is 4.51. The summed E-state index contributed by atoms with van der Waals surface area (Å²) in [5.41, 5.74) is 1.05. The molecule has 0 fully saturated rings. The molecule has 162 valence electrons. The van der Waals surface area contributed by atoms with E-state index >= 15 is 0 Å². The largest absolute Gasteiger partial charge is 0.493 e. The quantitative estimate of drug-likeness (QED) is 0.550. The zero-order valence-electron chi connectivity index (χ0n) is 17.9. The van der Waals surface area contributed by atoms with Crippen LogP contribution in [0.25, 0.3) is 0 Å². The number of carbonyl (C=O) groups excluding carboxylic acids is 2. The van der Waals surface area contributed by atoms with Crippen LogP contribution in [0.5, 0.6) is 23.0 Å². The fraction of sp³-hybridized carbons (Fsp3) is 0.364. The van der Waals surface area contributed by atoms with E-state index in [0.717, 1.165) is 5.56 Å². The molecule has 0 spiro atoms. The van der Waals surface area contributed by atoms with Gasteiger partial charge in [-0.05, 0) is 36.8 Å². The van der Waals surface area contributed by atoms with Gasteiger partial charge in [-0.1, -0.05) is 12.1 Å². The first-order chi connectivity index (χ1) is 14.5. The van der Waals surface area contributed by atoms with Crippen LogP contribution in [0.2, 0.25) is 0 Å². The van der Waals surface area contributed by atoms with Gasteiger partial charge < -0.3 is 28.6 Å². The molecule has 30 heavy (non-hydrogen) atoms. The summed E-state index contributed by atoms with van der Waals surface area (Å²) >= 11 is 0. The van der Waals surface area contributed by atoms with Crippen molar-refractivity contribution in [2.45, 2.75) is 13.5 Å². The van der Waals surface area contributed by atoms with E-state index < -0.39 is 5.97 Å². The molecule has 0 aliphatic rings. The molecule has 0 radical (unpaired) electrons. The Morgan fingerprint density at radius 1 is 0.867 bits per heavy atom. The second-order valence-electron chi connectivity index (χ2n) is 6.21. The minimum Gasteiger partial charge on any atom is -0.493 e. The van der Waals surface area contributed by atoms with E-state index in [1.54, 1.807) is 43.4 Å². The molecule has 2 rings (SSSR count). The van der Waals surface area contributed by atoms with Crippen molar-refractivity contribution in [2.24, 2.45) is 0 Å². The maximum atomic E-state index is 12.6. The van der Waals surface area contributed by atoms with Gasteiger partial charge in [-0.2, -0.15) is 0 Å². The molecule has 0 bridgehead atoms. The molecule has 2 aromatic carbocycles. The van der Waals surface area contributed by atoms with E-state index in [0.29, 0.717) is 30.3 Å². The van der Waals surface area contributed by atoms with Crippen LogP contribution in [0.4, 0.5) is 0 Å². The number of likely N-dealkylation sites (N-methyl/N-ethyl adjacent to an activating group) is 1. The Kier molecular flexibility index (Phi) is 8.34. The maximum Gasteiger partial charge on any atom is 0.342 e. The first-order valence-electron chi connectivity index (χ1n) is 9.35. The molecule has 0 saturated heterocycles. The van der Waals surface area contributed by atoms with E-state index in [1.165, 1.54) is 14.2 Å². The van der Waals surface area contributed by atoms with Gasteiger partial charge >= 0.3 is 5.97 Å². The van der Waals surface area contributed by atoms with Gasteiger partial charge in [0, 0.05) is 13.1 Å². The summed E-state index contributed by atoms with van der Waals surface area (Å²) in [6, 6.07) is 10.3. The Morgan fingerprint density at radius 2 is 1.57 bits per heavy atom. The molecule has 0 N–H and O–H groups in total. The number of methoxy groups -OCH3 is 4. The lowest BCUT2D eigenvalue weighted by Crippen LogP contribution is -2.34. The molecule has 1 amide bonds. The van der Waals surface area contributed by atoms with E-state index in [4.69, 9.17) is 23.7 Å². The Hall–Kier alpha value is -3.42. The number of hydrogen-bond donors (Lipinski definition) is 0. The van der Waals surface area contributed by atoms with Crippen LogP contribution in [0.15, 0.2) is 36.4 Å². The van der Waals surface area contributed by atoms with E-state index in [2.05, 4.69) is 0 Å². The van der Waals surface area contributed by atoms with Crippen molar-refractivity contribution in [3.05, 3.63) is 47.5 Å². The van der Waals surface area contributed by atoms with Crippen molar-refractivity contribution >= 4 is 11.9 Å². The monoisotopic (exact) mass is 417 g/mol. The van der Waals surface area contributed by atoms with Crippen molar-refractivity contribution in [3.8, 4) is 23.0 Å². The fourth-order valence-corrected chi connectivity index (χ4v) is 2.92. The van der Waals surface area contributed by atoms with Crippen LogP contribution < -0.4 is 18.9 Å². The lowest BCUT2D eigenvalue weighted by atomic mass is 10.2. The summed E-state index contributed by atoms with van der Waals surface area (Å²) in [4.78, 5) is 26.6. The van der Waals surface area contributed by atoms with Gasteiger partial charge in [0.25, 0.3) is 5.91 Å². The Labute approximate surface area is 176 Å². The van der Waals surface area contributed by atoms with Crippen LogP contribution >= 0.6 is 0 Å². The number of ether oxygens (including phenoxy) is 5. The standard InChI is InChI=1S/C22H27NO7/c1-6-23(13-15-10-11-17(26-2)19(12-15)28-4)20(24)14-30-22(25)16-8-7-9-18(27-3)21(16)29-5/h7-12H,6,13-14H2,1-5H3. The predicted molar refractivity (Wildman–Crippen MR) is 110 cm³/mol. The predicted octanol–water partition coefficient (Wildman–Crippen LogP) is 2.93. The molecule has 0 heterocycles. The molecule has 0 aliphatic carbocycles. The van der Waals surface area contributed by atoms with Crippen LogP contribution in [0.3, 0.4) is 0 Å². The average Bonchev–Trinajstić information content (AvgIpc) is 2.79. The van der Waals surface area contributed by atoms with Crippen molar-refractivity contribution in [1.82, 2.24) is 4.90 Å². The number of benzene rings is 2. The van der Waals surface area contributed by atoms with Crippen LogP contribution in [0, 0.1) is 0 Å². The summed E-state index contributed by atoms with van der Waals surface area (Å²) in [7, 11) is 6.02. The molecular weight excluding hydrogens is 390 g/mol. The summed E-state index contributed by atoms with van der Waals surface area (Å²) in [6.07, 6.45) is 0. The van der Waals surface area contributed by atoms with Crippen LogP contribution in [0.1, 0.15) is 22.8 Å². The number of para-hydroxylation sites is 1. The van der Waals surface area contributed by atoms with Gasteiger partial charge in [0.05, 0.1) is 28.4 Å². The third kappa shape index (κ3) is 5.34. The Bertz CT molecular complexity index is 882. The van der Waals surface area contributed by atoms with E-state index in [-0.39, 0.29) is 23.8 Å². The van der Waals surface area contributed by atoms with E-state index in [9.17, 15) is 9.59 Å². The van der Waals surface area contributed by atoms with Crippen molar-refractivity contribution < 1.29 is 33.3 Å². The minimum atomic E-state index is -0.665. The van der Waals surface area contributed by atoms with Gasteiger partial charge in [0.1, 0.15) is 5.56 Å². The first-order valence-corrected chi connectivity index (χ1v) is 9.35. The number of amides is 1. The summed E-state index contributed by atoms with van der Waals surface area (Å²) in [5, 5.41) is 0. The molecule has 0 atom stereocenters. The molecule has 8 nitrogen and oxygen atoms in total. The van der Waals surface area contributed by atoms with Gasteiger partial charge in [0.2, 0.25) is 0 Å². The number of rotatable bonds is 10. The average molecular weight is 417 g/mol. The summed E-state index contributed by atoms with van der Waals surface area (Å²) in [5.74, 6) is 0.868. The molecule has 8 heteroatoms. The topological polar surface area (TPSA) is 83.5 Å². The SMILES string of the molecule is CCN(Cc1ccc(OC)c(OC)c1)C(=O)COC(=O)c1cccc(OC)c1OC. The summed E-state index contributed by atoms with van der Waals surface area (Å²) < 4.78 is 26.2. The normalized spacial score (nSPS) is 10.2. The molecule has 0 unspecified atom stereocenters. The van der Waals surface area contributed by atoms with Gasteiger partial charge in [-0.15, -0.1) is 0 Å². The van der Waals surface area contributed by atoms with Crippen molar-refractivity contribution in [1.29, 1.82) is 0 Å². The number of hydrogen-bond acceptors (Lipinski definition) is 7. The smallest absolute Gasteiger partial charge is 0.342 e. The maximum absolute atomic E-state index is 12.6. The molecular formula is C22H27NO7. The second kappa shape index (κ2) is 10.9. The Balaban J connectivity index is 2.05. The van der Waals surface area contributed by atoms with Crippen LogP contribution in [-0.2, 0) is 16.1 Å². The minimum absolute atomic E-state index is 0.188. The number of nitrogens with zero attached hydrogens (tertiary/aromatic N) is 1. The van der Waals surface area contributed by atoms with Crippen molar-refractivity contribution in [2.75, 3.05) is 41.6 Å². The zero-order chi connectivity index (χ0) is 22.1. The fourth-order valence-electron chi connectivity index (χ4n) is 2.92. The highest BCUT2D eigenvalue weighted by Gasteiger charge is 2.20. The van der Waals surface area contributed by atoms with Crippen LogP contribution in [-0.4, -0.2) is 58.4 Å². The second-order valence-corrected chi connectivity index (χ2v) is 6.21. The molecule has 0 saturated carbocycles. The highest BCUT2D eigenvalue weighted by atomic mass is 16.5. The van der Waals surface area contributed by atoms with Gasteiger partial charge in [0.15, 0.2) is 29.6 Å². The highest BCUT2D eigenvalue weighted by Crippen LogP contribution is 2.31. The van der Waals surface area contributed by atoms with Gasteiger partial charge in [-0.25, -0.2) is 4.79 Å². The molecule has 0 aliphatic heterocycles. The molecule has 2 aromatic rings. The lowest BCUT2D eigenvalue weighted by Gasteiger charge is -2.21. The molecule has 0 aromatic heterocycles. The number of carbonyl (C=O) groups is 2. The number of esters is 1. The Morgan fingerprint density at radius 3 is 2.17 bits per heavy atom. The van der Waals surface area contributed by atoms with E-state index in [1.807, 2.05) is 19.1 Å². The highest BCUT2D eigenvalue weighted by molar-refractivity contribution is 5.95. The zero-order valence-corrected chi connectivity index (χ0v) is 17.9. The van der Waals surface area contributed by atoms with Gasteiger partial charge in [-0.3, -0.25) is 4.79 Å². The lowest BCUT2D eigenvalue weighted by molar-refractivity contribution is -0.134. The third-order valence-electron chi connectivity index (χ3n) is 4.51. The summed E-state index contributed by atoms with van der Waals surface area (Å²) in [6.45, 7) is 2.26.